The summed E-state index contributed by atoms with van der Waals surface area (Å²) in [5.41, 5.74) is 1.51. The quantitative estimate of drug-likeness (QED) is 0.776. The average Bonchev–Trinajstić information content (AvgIpc) is 2.54. The maximum Gasteiger partial charge on any atom is 0.308 e. The summed E-state index contributed by atoms with van der Waals surface area (Å²) in [5, 5.41) is 3.72. The van der Waals surface area contributed by atoms with E-state index in [1.807, 2.05) is 30.3 Å². The zero-order valence-corrected chi connectivity index (χ0v) is 14.6. The van der Waals surface area contributed by atoms with Gasteiger partial charge in [0.1, 0.15) is 6.61 Å². The molecule has 126 valence electrons. The van der Waals surface area contributed by atoms with Gasteiger partial charge in [-0.1, -0.05) is 59.6 Å². The van der Waals surface area contributed by atoms with Crippen LogP contribution in [0.3, 0.4) is 0 Å². The van der Waals surface area contributed by atoms with Crippen LogP contribution in [-0.2, 0) is 20.9 Å². The molecule has 0 heterocycles. The highest BCUT2D eigenvalue weighted by Crippen LogP contribution is 2.22. The Balaban J connectivity index is 1.98. The summed E-state index contributed by atoms with van der Waals surface area (Å²) in [7, 11) is 0. The number of hydrogen-bond acceptors (Lipinski definition) is 3. The van der Waals surface area contributed by atoms with Crippen LogP contribution in [0.2, 0.25) is 10.0 Å². The number of amides is 1. The van der Waals surface area contributed by atoms with Gasteiger partial charge in [0.2, 0.25) is 5.91 Å². The van der Waals surface area contributed by atoms with Crippen LogP contribution in [0.5, 0.6) is 0 Å². The molecule has 1 atom stereocenters. The zero-order valence-electron chi connectivity index (χ0n) is 13.1. The predicted molar refractivity (Wildman–Crippen MR) is 93.9 cm³/mol. The van der Waals surface area contributed by atoms with Crippen LogP contribution >= 0.6 is 23.2 Å². The van der Waals surface area contributed by atoms with E-state index in [9.17, 15) is 9.59 Å². The molecule has 2 rings (SSSR count). The second-order valence-electron chi connectivity index (χ2n) is 5.26. The molecular formula is C18H17Cl2NO3. The molecule has 0 aliphatic rings. The first kappa shape index (κ1) is 18.3. The molecule has 0 fully saturated rings. The van der Waals surface area contributed by atoms with E-state index >= 15 is 0 Å². The summed E-state index contributed by atoms with van der Waals surface area (Å²) in [5.74, 6) is -0.638. The summed E-state index contributed by atoms with van der Waals surface area (Å²) in [6.45, 7) is 1.46. The van der Waals surface area contributed by atoms with Crippen LogP contribution in [0.25, 0.3) is 0 Å². The molecule has 0 saturated heterocycles. The third-order valence-electron chi connectivity index (χ3n) is 3.35. The Hall–Kier alpha value is -2.04. The van der Waals surface area contributed by atoms with Crippen molar-refractivity contribution in [3.63, 3.8) is 0 Å². The van der Waals surface area contributed by atoms with Gasteiger partial charge in [-0.05, 0) is 17.7 Å². The van der Waals surface area contributed by atoms with Crippen LogP contribution < -0.4 is 5.32 Å². The fourth-order valence-electron chi connectivity index (χ4n) is 2.21. The highest BCUT2D eigenvalue weighted by atomic mass is 35.5. The predicted octanol–water partition coefficient (Wildman–Crippen LogP) is 4.30. The molecule has 0 aromatic heterocycles. The number of carbonyl (C=O) groups excluding carboxylic acids is 2. The largest absolute Gasteiger partial charge is 0.461 e. The van der Waals surface area contributed by atoms with Crippen molar-refractivity contribution in [2.75, 3.05) is 0 Å². The molecule has 0 spiro atoms. The van der Waals surface area contributed by atoms with E-state index in [4.69, 9.17) is 27.9 Å². The molecule has 4 nitrogen and oxygen atoms in total. The SMILES string of the molecule is CC(=O)N[C@H](CC(=O)OCc1ccc(Cl)cc1Cl)c1ccccc1. The molecule has 1 amide bonds. The maximum atomic E-state index is 12.1. The molecule has 0 unspecified atom stereocenters. The molecule has 0 radical (unpaired) electrons. The second-order valence-corrected chi connectivity index (χ2v) is 6.11. The lowest BCUT2D eigenvalue weighted by Gasteiger charge is -2.17. The first-order valence-corrected chi connectivity index (χ1v) is 8.13. The summed E-state index contributed by atoms with van der Waals surface area (Å²) in [6, 6.07) is 13.8. The van der Waals surface area contributed by atoms with Crippen LogP contribution in [-0.4, -0.2) is 11.9 Å². The number of rotatable bonds is 6. The van der Waals surface area contributed by atoms with Gasteiger partial charge in [-0.15, -0.1) is 0 Å². The van der Waals surface area contributed by atoms with Gasteiger partial charge in [0.15, 0.2) is 0 Å². The van der Waals surface area contributed by atoms with Gasteiger partial charge < -0.3 is 10.1 Å². The lowest BCUT2D eigenvalue weighted by atomic mass is 10.0. The van der Waals surface area contributed by atoms with Crippen molar-refractivity contribution >= 4 is 35.1 Å². The summed E-state index contributed by atoms with van der Waals surface area (Å²) < 4.78 is 5.26. The van der Waals surface area contributed by atoms with Gasteiger partial charge in [0.25, 0.3) is 0 Å². The number of halogens is 2. The number of ether oxygens (including phenoxy) is 1. The van der Waals surface area contributed by atoms with Crippen molar-refractivity contribution in [2.24, 2.45) is 0 Å². The molecular weight excluding hydrogens is 349 g/mol. The standard InChI is InChI=1S/C18H17Cl2NO3/c1-12(22)21-17(13-5-3-2-4-6-13)10-18(23)24-11-14-7-8-15(19)9-16(14)20/h2-9,17H,10-11H2,1H3,(H,21,22)/t17-/m1/s1. The average molecular weight is 366 g/mol. The van der Waals surface area contributed by atoms with E-state index in [2.05, 4.69) is 5.32 Å². The topological polar surface area (TPSA) is 55.4 Å². The Morgan fingerprint density at radius 1 is 1.12 bits per heavy atom. The van der Waals surface area contributed by atoms with Gasteiger partial charge in [-0.3, -0.25) is 9.59 Å². The molecule has 0 aliphatic carbocycles. The van der Waals surface area contributed by atoms with Crippen LogP contribution in [0, 0.1) is 0 Å². The molecule has 0 saturated carbocycles. The fraction of sp³-hybridized carbons (Fsp3) is 0.222. The molecule has 1 N–H and O–H groups in total. The number of esters is 1. The Kier molecular flexibility index (Phi) is 6.64. The number of carbonyl (C=O) groups is 2. The van der Waals surface area contributed by atoms with Crippen LogP contribution in [0.1, 0.15) is 30.5 Å². The first-order chi connectivity index (χ1) is 11.5. The van der Waals surface area contributed by atoms with Gasteiger partial charge in [-0.25, -0.2) is 0 Å². The minimum absolute atomic E-state index is 0.0365. The molecule has 24 heavy (non-hydrogen) atoms. The summed E-state index contributed by atoms with van der Waals surface area (Å²) in [6.07, 6.45) is 0.0365. The summed E-state index contributed by atoms with van der Waals surface area (Å²) in [4.78, 5) is 23.5. The number of benzene rings is 2. The van der Waals surface area contributed by atoms with E-state index in [1.54, 1.807) is 18.2 Å². The van der Waals surface area contributed by atoms with Gasteiger partial charge in [0, 0.05) is 22.5 Å². The normalized spacial score (nSPS) is 11.6. The van der Waals surface area contributed by atoms with Crippen LogP contribution in [0.15, 0.2) is 48.5 Å². The zero-order chi connectivity index (χ0) is 17.5. The lowest BCUT2D eigenvalue weighted by Crippen LogP contribution is -2.28. The van der Waals surface area contributed by atoms with Crippen molar-refractivity contribution in [2.45, 2.75) is 26.0 Å². The van der Waals surface area contributed by atoms with Crippen molar-refractivity contribution in [3.05, 3.63) is 69.7 Å². The minimum atomic E-state index is -0.433. The second kappa shape index (κ2) is 8.71. The Morgan fingerprint density at radius 3 is 2.46 bits per heavy atom. The third-order valence-corrected chi connectivity index (χ3v) is 3.94. The molecule has 2 aromatic carbocycles. The van der Waals surface area contributed by atoms with Crippen molar-refractivity contribution < 1.29 is 14.3 Å². The highest BCUT2D eigenvalue weighted by molar-refractivity contribution is 6.35. The number of hydrogen-bond donors (Lipinski definition) is 1. The minimum Gasteiger partial charge on any atom is -0.461 e. The number of nitrogens with one attached hydrogen (secondary N) is 1. The van der Waals surface area contributed by atoms with Crippen LogP contribution in [0.4, 0.5) is 0 Å². The highest BCUT2D eigenvalue weighted by Gasteiger charge is 2.18. The van der Waals surface area contributed by atoms with Crippen molar-refractivity contribution in [1.82, 2.24) is 5.32 Å². The van der Waals surface area contributed by atoms with E-state index in [1.165, 1.54) is 6.92 Å². The third kappa shape index (κ3) is 5.55. The molecule has 0 bridgehead atoms. The monoisotopic (exact) mass is 365 g/mol. The summed E-state index contributed by atoms with van der Waals surface area (Å²) >= 11 is 11.9. The van der Waals surface area contributed by atoms with E-state index < -0.39 is 12.0 Å². The molecule has 2 aromatic rings. The lowest BCUT2D eigenvalue weighted by molar-refractivity contribution is -0.145. The Bertz CT molecular complexity index is 719. The maximum absolute atomic E-state index is 12.1. The molecule has 6 heteroatoms. The van der Waals surface area contributed by atoms with Crippen molar-refractivity contribution in [1.29, 1.82) is 0 Å². The van der Waals surface area contributed by atoms with Gasteiger partial charge in [0.05, 0.1) is 12.5 Å². The first-order valence-electron chi connectivity index (χ1n) is 7.37. The van der Waals surface area contributed by atoms with E-state index in [-0.39, 0.29) is 18.9 Å². The smallest absolute Gasteiger partial charge is 0.308 e. The van der Waals surface area contributed by atoms with Gasteiger partial charge in [-0.2, -0.15) is 0 Å². The molecule has 0 aliphatic heterocycles. The van der Waals surface area contributed by atoms with Gasteiger partial charge >= 0.3 is 5.97 Å². The Morgan fingerprint density at radius 2 is 1.83 bits per heavy atom. The Labute approximate surface area is 150 Å². The van der Waals surface area contributed by atoms with Crippen molar-refractivity contribution in [3.8, 4) is 0 Å². The van der Waals surface area contributed by atoms with E-state index in [0.717, 1.165) is 5.56 Å². The van der Waals surface area contributed by atoms with E-state index in [0.29, 0.717) is 15.6 Å². The fourth-order valence-corrected chi connectivity index (χ4v) is 2.67.